The maximum atomic E-state index is 12.7. The van der Waals surface area contributed by atoms with Crippen molar-refractivity contribution in [2.45, 2.75) is 29.2 Å². The van der Waals surface area contributed by atoms with Crippen molar-refractivity contribution >= 4 is 10.8 Å². The zero-order valence-corrected chi connectivity index (χ0v) is 13.1. The van der Waals surface area contributed by atoms with Gasteiger partial charge in [-0.2, -0.15) is 0 Å². The second kappa shape index (κ2) is 6.82. The summed E-state index contributed by atoms with van der Waals surface area (Å²) in [6.45, 7) is 2.18. The van der Waals surface area contributed by atoms with Crippen LogP contribution < -0.4 is 0 Å². The highest BCUT2D eigenvalue weighted by atomic mass is 32.2. The van der Waals surface area contributed by atoms with Crippen molar-refractivity contribution in [3.05, 3.63) is 60.2 Å². The Kier molecular flexibility index (Phi) is 5.10. The number of hydrogen-bond acceptors (Lipinski definition) is 2. The predicted molar refractivity (Wildman–Crippen MR) is 84.4 cm³/mol. The van der Waals surface area contributed by atoms with Gasteiger partial charge in [0.1, 0.15) is 0 Å². The van der Waals surface area contributed by atoms with Crippen molar-refractivity contribution in [2.24, 2.45) is 0 Å². The Labute approximate surface area is 123 Å². The minimum Gasteiger partial charge on any atom is -0.306 e. The first-order valence-corrected chi connectivity index (χ1v) is 7.95. The van der Waals surface area contributed by atoms with Crippen molar-refractivity contribution < 1.29 is 4.21 Å². The van der Waals surface area contributed by atoms with E-state index in [9.17, 15) is 4.21 Å². The molecule has 0 saturated carbocycles. The molecule has 0 aliphatic heterocycles. The van der Waals surface area contributed by atoms with Gasteiger partial charge in [0.25, 0.3) is 0 Å². The Bertz CT molecular complexity index is 581. The lowest BCUT2D eigenvalue weighted by Gasteiger charge is -2.21. The third-order valence-corrected chi connectivity index (χ3v) is 5.02. The van der Waals surface area contributed by atoms with E-state index in [2.05, 4.69) is 32.0 Å². The second-order valence-corrected chi connectivity index (χ2v) is 6.65. The van der Waals surface area contributed by atoms with Gasteiger partial charge in [-0.15, -0.1) is 0 Å². The molecule has 20 heavy (non-hydrogen) atoms. The van der Waals surface area contributed by atoms with Crippen LogP contribution in [0, 0.1) is 0 Å². The van der Waals surface area contributed by atoms with Gasteiger partial charge in [0.2, 0.25) is 0 Å². The van der Waals surface area contributed by atoms with E-state index in [1.54, 1.807) is 0 Å². The van der Waals surface area contributed by atoms with E-state index in [0.717, 1.165) is 21.8 Å². The summed E-state index contributed by atoms with van der Waals surface area (Å²) in [5.41, 5.74) is 1.16. The Balaban J connectivity index is 2.31. The molecular weight excluding hydrogens is 266 g/mol. The van der Waals surface area contributed by atoms with Crippen molar-refractivity contribution in [3.8, 4) is 0 Å². The van der Waals surface area contributed by atoms with Crippen LogP contribution in [0.3, 0.4) is 0 Å². The molecule has 0 N–H and O–H groups in total. The lowest BCUT2D eigenvalue weighted by molar-refractivity contribution is 0.311. The van der Waals surface area contributed by atoms with Gasteiger partial charge >= 0.3 is 0 Å². The number of likely N-dealkylation sites (N-methyl/N-ethyl adjacent to an activating group) is 1. The molecule has 0 aliphatic carbocycles. The molecule has 0 saturated heterocycles. The van der Waals surface area contributed by atoms with E-state index >= 15 is 0 Å². The standard InChI is InChI=1S/C17H21NOS/c1-14(18(2)3)13-15-9-7-8-12-17(15)20(19)16-10-5-4-6-11-16/h4-12,14H,13H2,1-3H3. The largest absolute Gasteiger partial charge is 0.306 e. The number of hydrogen-bond donors (Lipinski definition) is 0. The molecule has 2 nitrogen and oxygen atoms in total. The van der Waals surface area contributed by atoms with Gasteiger partial charge in [0.15, 0.2) is 0 Å². The Morgan fingerprint density at radius 3 is 2.25 bits per heavy atom. The van der Waals surface area contributed by atoms with Gasteiger partial charge in [-0.05, 0) is 51.2 Å². The van der Waals surface area contributed by atoms with Crippen LogP contribution in [0.5, 0.6) is 0 Å². The SMILES string of the molecule is CC(Cc1ccccc1S(=O)c1ccccc1)N(C)C. The van der Waals surface area contributed by atoms with Crippen molar-refractivity contribution in [1.29, 1.82) is 0 Å². The molecular formula is C17H21NOS. The first kappa shape index (κ1) is 14.9. The van der Waals surface area contributed by atoms with Gasteiger partial charge in [0, 0.05) is 15.8 Å². The lowest BCUT2D eigenvalue weighted by atomic mass is 10.1. The van der Waals surface area contributed by atoms with Gasteiger partial charge in [-0.25, -0.2) is 4.21 Å². The quantitative estimate of drug-likeness (QED) is 0.840. The van der Waals surface area contributed by atoms with E-state index in [1.807, 2.05) is 48.5 Å². The fourth-order valence-electron chi connectivity index (χ4n) is 2.03. The van der Waals surface area contributed by atoms with Crippen LogP contribution in [0.1, 0.15) is 12.5 Å². The summed E-state index contributed by atoms with van der Waals surface area (Å²) < 4.78 is 12.7. The van der Waals surface area contributed by atoms with Crippen LogP contribution >= 0.6 is 0 Å². The van der Waals surface area contributed by atoms with Gasteiger partial charge in [-0.1, -0.05) is 36.4 Å². The Morgan fingerprint density at radius 2 is 1.60 bits per heavy atom. The maximum absolute atomic E-state index is 12.7. The number of nitrogens with zero attached hydrogens (tertiary/aromatic N) is 1. The highest BCUT2D eigenvalue weighted by molar-refractivity contribution is 7.85. The molecule has 3 heteroatoms. The molecule has 2 atom stereocenters. The number of benzene rings is 2. The topological polar surface area (TPSA) is 20.3 Å². The molecule has 0 radical (unpaired) electrons. The average Bonchev–Trinajstić information content (AvgIpc) is 2.48. The third-order valence-electron chi connectivity index (χ3n) is 3.53. The van der Waals surface area contributed by atoms with Gasteiger partial charge in [0.05, 0.1) is 10.8 Å². The van der Waals surface area contributed by atoms with Gasteiger partial charge < -0.3 is 4.90 Å². The minimum absolute atomic E-state index is 0.420. The fraction of sp³-hybridized carbons (Fsp3) is 0.294. The highest BCUT2D eigenvalue weighted by Crippen LogP contribution is 2.21. The van der Waals surface area contributed by atoms with E-state index in [0.29, 0.717) is 6.04 Å². The maximum Gasteiger partial charge on any atom is 0.0852 e. The average molecular weight is 287 g/mol. The summed E-state index contributed by atoms with van der Waals surface area (Å²) in [6.07, 6.45) is 0.905. The summed E-state index contributed by atoms with van der Waals surface area (Å²) in [4.78, 5) is 3.97. The van der Waals surface area contributed by atoms with Crippen LogP contribution in [0.25, 0.3) is 0 Å². The van der Waals surface area contributed by atoms with Crippen LogP contribution in [0.2, 0.25) is 0 Å². The van der Waals surface area contributed by atoms with Crippen LogP contribution in [0.4, 0.5) is 0 Å². The smallest absolute Gasteiger partial charge is 0.0852 e. The molecule has 2 aromatic carbocycles. The van der Waals surface area contributed by atoms with Crippen molar-refractivity contribution in [3.63, 3.8) is 0 Å². The predicted octanol–water partition coefficient (Wildman–Crippen LogP) is 3.35. The van der Waals surface area contributed by atoms with Crippen LogP contribution in [-0.4, -0.2) is 29.2 Å². The Hall–Kier alpha value is -1.45. The molecule has 0 aromatic heterocycles. The summed E-state index contributed by atoms with van der Waals surface area (Å²) in [5.74, 6) is 0. The van der Waals surface area contributed by atoms with Crippen LogP contribution in [0.15, 0.2) is 64.4 Å². The molecule has 0 amide bonds. The fourth-order valence-corrected chi connectivity index (χ4v) is 3.28. The monoisotopic (exact) mass is 287 g/mol. The molecule has 0 bridgehead atoms. The summed E-state index contributed by atoms with van der Waals surface area (Å²) in [5, 5.41) is 0. The summed E-state index contributed by atoms with van der Waals surface area (Å²) >= 11 is 0. The summed E-state index contributed by atoms with van der Waals surface area (Å²) in [7, 11) is 3.04. The Morgan fingerprint density at radius 1 is 1.00 bits per heavy atom. The summed E-state index contributed by atoms with van der Waals surface area (Å²) in [6, 6.07) is 18.1. The van der Waals surface area contributed by atoms with Crippen molar-refractivity contribution in [1.82, 2.24) is 4.90 Å². The van der Waals surface area contributed by atoms with E-state index < -0.39 is 10.8 Å². The highest BCUT2D eigenvalue weighted by Gasteiger charge is 2.14. The molecule has 2 unspecified atom stereocenters. The molecule has 106 valence electrons. The lowest BCUT2D eigenvalue weighted by Crippen LogP contribution is -2.27. The molecule has 0 fully saturated rings. The van der Waals surface area contributed by atoms with E-state index in [4.69, 9.17) is 0 Å². The molecule has 2 rings (SSSR count). The van der Waals surface area contributed by atoms with E-state index in [-0.39, 0.29) is 0 Å². The molecule has 0 aliphatic rings. The molecule has 0 heterocycles. The molecule has 2 aromatic rings. The zero-order chi connectivity index (χ0) is 14.5. The van der Waals surface area contributed by atoms with Crippen LogP contribution in [-0.2, 0) is 17.2 Å². The first-order valence-electron chi connectivity index (χ1n) is 6.80. The van der Waals surface area contributed by atoms with Crippen molar-refractivity contribution in [2.75, 3.05) is 14.1 Å². The first-order chi connectivity index (χ1) is 9.59. The molecule has 0 spiro atoms. The minimum atomic E-state index is -1.11. The number of rotatable bonds is 5. The zero-order valence-electron chi connectivity index (χ0n) is 12.2. The van der Waals surface area contributed by atoms with Gasteiger partial charge in [-0.3, -0.25) is 0 Å². The third kappa shape index (κ3) is 3.56. The normalized spacial score (nSPS) is 14.2. The second-order valence-electron chi connectivity index (χ2n) is 5.21. The van der Waals surface area contributed by atoms with E-state index in [1.165, 1.54) is 0 Å².